The Balaban J connectivity index is 2.67. The van der Waals surface area contributed by atoms with Crippen molar-refractivity contribution in [3.8, 4) is 0 Å². The number of carbonyl (C=O) groups is 1. The first-order valence-electron chi connectivity index (χ1n) is 4.77. The molecule has 0 fully saturated rings. The van der Waals surface area contributed by atoms with Gasteiger partial charge in [0.15, 0.2) is 0 Å². The van der Waals surface area contributed by atoms with E-state index in [0.29, 0.717) is 18.3 Å². The van der Waals surface area contributed by atoms with Gasteiger partial charge in [-0.3, -0.25) is 0 Å². The van der Waals surface area contributed by atoms with Gasteiger partial charge in [-0.15, -0.1) is 0 Å². The second kappa shape index (κ2) is 3.88. The lowest BCUT2D eigenvalue weighted by molar-refractivity contribution is -0.108. The summed E-state index contributed by atoms with van der Waals surface area (Å²) in [4.78, 5) is 10.4. The van der Waals surface area contributed by atoms with Crippen molar-refractivity contribution in [1.29, 1.82) is 0 Å². The minimum Gasteiger partial charge on any atom is -0.303 e. The van der Waals surface area contributed by atoms with Crippen LogP contribution in [0.3, 0.4) is 0 Å². The van der Waals surface area contributed by atoms with Gasteiger partial charge in [0.05, 0.1) is 0 Å². The van der Waals surface area contributed by atoms with E-state index in [-0.39, 0.29) is 0 Å². The fourth-order valence-corrected chi connectivity index (χ4v) is 1.96. The summed E-state index contributed by atoms with van der Waals surface area (Å²) in [6.45, 7) is 6.67. The van der Waals surface area contributed by atoms with Crippen molar-refractivity contribution in [3.63, 3.8) is 0 Å². The number of allylic oxidation sites excluding steroid dienone is 2. The fourth-order valence-electron chi connectivity index (χ4n) is 1.96. The lowest BCUT2D eigenvalue weighted by Crippen LogP contribution is -2.19. The molecule has 0 saturated heterocycles. The maximum Gasteiger partial charge on any atom is 0.120 e. The zero-order chi connectivity index (χ0) is 9.14. The van der Waals surface area contributed by atoms with Gasteiger partial charge < -0.3 is 4.79 Å². The first kappa shape index (κ1) is 9.50. The molecule has 0 spiro atoms. The molecule has 1 rings (SSSR count). The van der Waals surface area contributed by atoms with Gasteiger partial charge in [0.1, 0.15) is 6.29 Å². The Morgan fingerprint density at radius 1 is 1.58 bits per heavy atom. The molecule has 0 aliphatic heterocycles. The van der Waals surface area contributed by atoms with Gasteiger partial charge >= 0.3 is 0 Å². The maximum atomic E-state index is 10.4. The van der Waals surface area contributed by atoms with Crippen LogP contribution in [0.4, 0.5) is 0 Å². The van der Waals surface area contributed by atoms with Crippen LogP contribution in [0.25, 0.3) is 0 Å². The Bertz CT molecular complexity index is 193. The van der Waals surface area contributed by atoms with Gasteiger partial charge in [-0.1, -0.05) is 25.5 Å². The summed E-state index contributed by atoms with van der Waals surface area (Å²) >= 11 is 0. The van der Waals surface area contributed by atoms with Crippen LogP contribution in [-0.4, -0.2) is 6.29 Å². The molecule has 0 radical (unpaired) electrons. The van der Waals surface area contributed by atoms with Crippen molar-refractivity contribution in [2.24, 2.45) is 17.8 Å². The highest BCUT2D eigenvalue weighted by molar-refractivity contribution is 5.50. The third kappa shape index (κ3) is 1.96. The Morgan fingerprint density at radius 2 is 2.25 bits per heavy atom. The molecule has 1 nitrogen and oxygen atoms in total. The van der Waals surface area contributed by atoms with E-state index in [2.05, 4.69) is 26.8 Å². The number of hydrogen-bond donors (Lipinski definition) is 0. The molecule has 68 valence electrons. The standard InChI is InChI=1S/C11H18O/c1-8-6-10(3)11(4-5-12)7-9(8)2/h5-6,8-9,11H,4,7H2,1-3H3/t8-,9-,11+/m1/s1. The Labute approximate surface area is 74.9 Å². The molecule has 1 heteroatoms. The van der Waals surface area contributed by atoms with Crippen molar-refractivity contribution < 1.29 is 4.79 Å². The van der Waals surface area contributed by atoms with E-state index in [1.54, 1.807) is 0 Å². The van der Waals surface area contributed by atoms with E-state index >= 15 is 0 Å². The van der Waals surface area contributed by atoms with Gasteiger partial charge in [-0.25, -0.2) is 0 Å². The minimum absolute atomic E-state index is 0.522. The van der Waals surface area contributed by atoms with Gasteiger partial charge in [0, 0.05) is 6.42 Å². The molecular weight excluding hydrogens is 148 g/mol. The molecule has 1 aliphatic carbocycles. The smallest absolute Gasteiger partial charge is 0.120 e. The Hall–Kier alpha value is -0.590. The van der Waals surface area contributed by atoms with Crippen molar-refractivity contribution in [3.05, 3.63) is 11.6 Å². The predicted molar refractivity (Wildman–Crippen MR) is 50.9 cm³/mol. The zero-order valence-corrected chi connectivity index (χ0v) is 8.21. The van der Waals surface area contributed by atoms with Crippen LogP contribution in [0.15, 0.2) is 11.6 Å². The largest absolute Gasteiger partial charge is 0.303 e. The highest BCUT2D eigenvalue weighted by atomic mass is 16.1. The molecule has 0 aromatic rings. The molecule has 0 bridgehead atoms. The molecule has 3 atom stereocenters. The van der Waals surface area contributed by atoms with Gasteiger partial charge in [-0.2, -0.15) is 0 Å². The molecule has 0 unspecified atom stereocenters. The normalized spacial score (nSPS) is 35.9. The Morgan fingerprint density at radius 3 is 2.83 bits per heavy atom. The first-order valence-corrected chi connectivity index (χ1v) is 4.77. The van der Waals surface area contributed by atoms with Crippen molar-refractivity contribution in [2.75, 3.05) is 0 Å². The zero-order valence-electron chi connectivity index (χ0n) is 8.21. The summed E-state index contributed by atoms with van der Waals surface area (Å²) in [7, 11) is 0. The van der Waals surface area contributed by atoms with E-state index < -0.39 is 0 Å². The number of aldehydes is 1. The number of hydrogen-bond acceptors (Lipinski definition) is 1. The van der Waals surface area contributed by atoms with Gasteiger partial charge in [0.25, 0.3) is 0 Å². The van der Waals surface area contributed by atoms with Crippen LogP contribution in [-0.2, 0) is 4.79 Å². The molecule has 0 saturated carbocycles. The summed E-state index contributed by atoms with van der Waals surface area (Å²) in [5.41, 5.74) is 1.41. The maximum absolute atomic E-state index is 10.4. The van der Waals surface area contributed by atoms with Crippen molar-refractivity contribution >= 4 is 6.29 Å². The van der Waals surface area contributed by atoms with Crippen LogP contribution in [0.1, 0.15) is 33.6 Å². The first-order chi connectivity index (χ1) is 5.65. The molecule has 12 heavy (non-hydrogen) atoms. The lowest BCUT2D eigenvalue weighted by Gasteiger charge is -2.29. The van der Waals surface area contributed by atoms with Gasteiger partial charge in [0.2, 0.25) is 0 Å². The van der Waals surface area contributed by atoms with Crippen LogP contribution >= 0.6 is 0 Å². The van der Waals surface area contributed by atoms with Crippen LogP contribution in [0.5, 0.6) is 0 Å². The molecule has 0 amide bonds. The van der Waals surface area contributed by atoms with Crippen molar-refractivity contribution in [1.82, 2.24) is 0 Å². The van der Waals surface area contributed by atoms with E-state index in [4.69, 9.17) is 0 Å². The third-order valence-corrected chi connectivity index (χ3v) is 3.10. The average molecular weight is 166 g/mol. The summed E-state index contributed by atoms with van der Waals surface area (Å²) in [5, 5.41) is 0. The third-order valence-electron chi connectivity index (χ3n) is 3.10. The topological polar surface area (TPSA) is 17.1 Å². The molecule has 1 aliphatic rings. The molecule has 0 heterocycles. The minimum atomic E-state index is 0.522. The summed E-state index contributed by atoms with van der Waals surface area (Å²) in [6, 6.07) is 0. The predicted octanol–water partition coefficient (Wildman–Crippen LogP) is 2.81. The lowest BCUT2D eigenvalue weighted by atomic mass is 9.76. The quantitative estimate of drug-likeness (QED) is 0.455. The second-order valence-corrected chi connectivity index (χ2v) is 4.08. The molecule has 0 aromatic carbocycles. The number of carbonyl (C=O) groups excluding carboxylic acids is 1. The average Bonchev–Trinajstić information content (AvgIpc) is 2.01. The number of rotatable bonds is 2. The van der Waals surface area contributed by atoms with Crippen LogP contribution in [0, 0.1) is 17.8 Å². The monoisotopic (exact) mass is 166 g/mol. The summed E-state index contributed by atoms with van der Waals surface area (Å²) < 4.78 is 0. The van der Waals surface area contributed by atoms with E-state index in [1.807, 2.05) is 0 Å². The van der Waals surface area contributed by atoms with Crippen LogP contribution in [0.2, 0.25) is 0 Å². The summed E-state index contributed by atoms with van der Waals surface area (Å²) in [6.07, 6.45) is 5.26. The van der Waals surface area contributed by atoms with Gasteiger partial charge in [-0.05, 0) is 31.1 Å². The fraction of sp³-hybridized carbons (Fsp3) is 0.727. The highest BCUT2D eigenvalue weighted by Gasteiger charge is 2.23. The van der Waals surface area contributed by atoms with Crippen LogP contribution < -0.4 is 0 Å². The highest BCUT2D eigenvalue weighted by Crippen LogP contribution is 2.33. The van der Waals surface area contributed by atoms with Crippen molar-refractivity contribution in [2.45, 2.75) is 33.6 Å². The SMILES string of the molecule is CC1=C[C@@H](C)[C@H](C)C[C@@H]1CC=O. The Kier molecular flexibility index (Phi) is 3.07. The molecule has 0 N–H and O–H groups in total. The summed E-state index contributed by atoms with van der Waals surface area (Å²) in [5.74, 6) is 1.94. The van der Waals surface area contributed by atoms with E-state index in [9.17, 15) is 4.79 Å². The second-order valence-electron chi connectivity index (χ2n) is 4.08. The van der Waals surface area contributed by atoms with E-state index in [0.717, 1.165) is 12.2 Å². The van der Waals surface area contributed by atoms with E-state index in [1.165, 1.54) is 12.0 Å². The molecule has 0 aromatic heterocycles. The molecular formula is C11H18O.